The molecular weight excluding hydrogens is 416 g/mol. The molecule has 0 radical (unpaired) electrons. The van der Waals surface area contributed by atoms with Crippen LogP contribution >= 0.6 is 0 Å². The minimum absolute atomic E-state index is 0.0972. The number of hydrogen-bond donors (Lipinski definition) is 2. The summed E-state index contributed by atoms with van der Waals surface area (Å²) in [6.45, 7) is 3.95. The van der Waals surface area contributed by atoms with Crippen LogP contribution in [-0.2, 0) is 29.2 Å². The number of benzene rings is 2. The Kier molecular flexibility index (Phi) is 6.24. The zero-order valence-corrected chi connectivity index (χ0v) is 18.8. The van der Waals surface area contributed by atoms with E-state index in [0.29, 0.717) is 25.6 Å². The van der Waals surface area contributed by atoms with Gasteiger partial charge in [-0.15, -0.1) is 0 Å². The minimum Gasteiger partial charge on any atom is -0.322 e. The molecule has 0 aliphatic carbocycles. The summed E-state index contributed by atoms with van der Waals surface area (Å²) in [5.74, 6) is -0.728. The topological polar surface area (TPSA) is 81.8 Å². The molecule has 3 aliphatic rings. The van der Waals surface area contributed by atoms with Gasteiger partial charge in [-0.1, -0.05) is 48.5 Å². The summed E-state index contributed by atoms with van der Waals surface area (Å²) in [6, 6.07) is 16.4. The van der Waals surface area contributed by atoms with Crippen molar-refractivity contribution in [1.29, 1.82) is 0 Å². The van der Waals surface area contributed by atoms with Gasteiger partial charge in [0.1, 0.15) is 6.04 Å². The summed E-state index contributed by atoms with van der Waals surface area (Å²) in [7, 11) is 0. The van der Waals surface area contributed by atoms with E-state index in [-0.39, 0.29) is 24.1 Å². The Hall–Kier alpha value is -3.03. The van der Waals surface area contributed by atoms with E-state index in [1.807, 2.05) is 24.3 Å². The molecule has 172 valence electrons. The van der Waals surface area contributed by atoms with Gasteiger partial charge in [0, 0.05) is 37.7 Å². The first-order chi connectivity index (χ1) is 16.1. The summed E-state index contributed by atoms with van der Waals surface area (Å²) in [4.78, 5) is 41.6. The van der Waals surface area contributed by atoms with Crippen LogP contribution in [0.25, 0.3) is 0 Å². The highest BCUT2D eigenvalue weighted by molar-refractivity contribution is 6.06. The predicted octanol–water partition coefficient (Wildman–Crippen LogP) is 2.20. The van der Waals surface area contributed by atoms with Crippen molar-refractivity contribution in [2.75, 3.05) is 13.1 Å². The van der Waals surface area contributed by atoms with Gasteiger partial charge in [0.25, 0.3) is 5.91 Å². The first-order valence-corrected chi connectivity index (χ1v) is 11.8. The standard InChI is InChI=1S/C26H30N4O3/c31-23-10-9-22(25(32)28-23)30-17-20-8-4-7-19(24(20)26(30)33)16-29(21-11-13-27-14-12-21)15-18-5-2-1-3-6-18/h1-8,21-22,27H,9-17H2,(H,28,31,32). The van der Waals surface area contributed by atoms with Gasteiger partial charge >= 0.3 is 0 Å². The number of amides is 3. The van der Waals surface area contributed by atoms with Gasteiger partial charge < -0.3 is 10.2 Å². The molecule has 0 saturated carbocycles. The summed E-state index contributed by atoms with van der Waals surface area (Å²) < 4.78 is 0. The molecule has 2 saturated heterocycles. The largest absolute Gasteiger partial charge is 0.322 e. The molecule has 0 aromatic heterocycles. The van der Waals surface area contributed by atoms with Crippen molar-refractivity contribution >= 4 is 17.7 Å². The molecule has 5 rings (SSSR count). The number of fused-ring (bicyclic) bond motifs is 1. The molecule has 2 aromatic carbocycles. The molecule has 3 amide bonds. The number of carbonyl (C=O) groups is 3. The van der Waals surface area contributed by atoms with Crippen molar-refractivity contribution < 1.29 is 14.4 Å². The first-order valence-electron chi connectivity index (χ1n) is 11.8. The van der Waals surface area contributed by atoms with Gasteiger partial charge in [-0.2, -0.15) is 0 Å². The van der Waals surface area contributed by atoms with E-state index in [9.17, 15) is 14.4 Å². The van der Waals surface area contributed by atoms with Crippen molar-refractivity contribution in [2.24, 2.45) is 0 Å². The normalized spacial score (nSPS) is 21.4. The quantitative estimate of drug-likeness (QED) is 0.665. The second-order valence-corrected chi connectivity index (χ2v) is 9.22. The predicted molar refractivity (Wildman–Crippen MR) is 124 cm³/mol. The Balaban J connectivity index is 1.40. The Morgan fingerprint density at radius 3 is 2.45 bits per heavy atom. The van der Waals surface area contributed by atoms with E-state index in [0.717, 1.165) is 49.2 Å². The van der Waals surface area contributed by atoms with Crippen molar-refractivity contribution in [2.45, 2.75) is 57.4 Å². The second kappa shape index (κ2) is 9.45. The van der Waals surface area contributed by atoms with E-state index < -0.39 is 6.04 Å². The zero-order valence-electron chi connectivity index (χ0n) is 18.8. The Morgan fingerprint density at radius 2 is 1.70 bits per heavy atom. The second-order valence-electron chi connectivity index (χ2n) is 9.22. The SMILES string of the molecule is O=C1CCC(N2Cc3cccc(CN(Cc4ccccc4)C4CCNCC4)c3C2=O)C(=O)N1. The van der Waals surface area contributed by atoms with Crippen molar-refractivity contribution in [3.63, 3.8) is 0 Å². The zero-order chi connectivity index (χ0) is 22.8. The molecule has 1 atom stereocenters. The monoisotopic (exact) mass is 446 g/mol. The summed E-state index contributed by atoms with van der Waals surface area (Å²) in [6.07, 6.45) is 2.81. The van der Waals surface area contributed by atoms with E-state index in [1.165, 1.54) is 5.56 Å². The van der Waals surface area contributed by atoms with Crippen molar-refractivity contribution in [3.8, 4) is 0 Å². The van der Waals surface area contributed by atoms with Crippen LogP contribution < -0.4 is 10.6 Å². The van der Waals surface area contributed by atoms with Gasteiger partial charge in [0.15, 0.2) is 0 Å². The Morgan fingerprint density at radius 1 is 0.909 bits per heavy atom. The molecule has 2 fully saturated rings. The fourth-order valence-corrected chi connectivity index (χ4v) is 5.34. The molecule has 7 heteroatoms. The van der Waals surface area contributed by atoms with Crippen LogP contribution in [0.1, 0.15) is 52.7 Å². The van der Waals surface area contributed by atoms with Crippen LogP contribution in [-0.4, -0.2) is 52.7 Å². The number of carbonyl (C=O) groups excluding carboxylic acids is 3. The smallest absolute Gasteiger partial charge is 0.255 e. The average Bonchev–Trinajstić information content (AvgIpc) is 3.17. The molecule has 0 spiro atoms. The number of nitrogens with zero attached hydrogens (tertiary/aromatic N) is 2. The maximum atomic E-state index is 13.5. The lowest BCUT2D eigenvalue weighted by Gasteiger charge is -2.35. The lowest BCUT2D eigenvalue weighted by Crippen LogP contribution is -2.52. The molecule has 2 aromatic rings. The highest BCUT2D eigenvalue weighted by Gasteiger charge is 2.40. The number of piperidine rings is 2. The van der Waals surface area contributed by atoms with Gasteiger partial charge in [0.05, 0.1) is 0 Å². The molecule has 2 N–H and O–H groups in total. The fraction of sp³-hybridized carbons (Fsp3) is 0.423. The van der Waals surface area contributed by atoms with Crippen LogP contribution in [0, 0.1) is 0 Å². The number of imide groups is 1. The maximum Gasteiger partial charge on any atom is 0.255 e. The van der Waals surface area contributed by atoms with Gasteiger partial charge in [0.2, 0.25) is 11.8 Å². The van der Waals surface area contributed by atoms with Gasteiger partial charge in [-0.25, -0.2) is 0 Å². The Labute approximate surface area is 194 Å². The molecule has 1 unspecified atom stereocenters. The van der Waals surface area contributed by atoms with Gasteiger partial charge in [-0.3, -0.25) is 24.6 Å². The molecule has 0 bridgehead atoms. The maximum absolute atomic E-state index is 13.5. The van der Waals surface area contributed by atoms with E-state index in [2.05, 4.69) is 39.8 Å². The average molecular weight is 447 g/mol. The lowest BCUT2D eigenvalue weighted by atomic mass is 9.99. The molecule has 7 nitrogen and oxygen atoms in total. The van der Waals surface area contributed by atoms with Crippen molar-refractivity contribution in [1.82, 2.24) is 20.4 Å². The number of nitrogens with one attached hydrogen (secondary N) is 2. The highest BCUT2D eigenvalue weighted by Crippen LogP contribution is 2.31. The minimum atomic E-state index is -0.583. The van der Waals surface area contributed by atoms with Crippen LogP contribution in [0.15, 0.2) is 48.5 Å². The Bertz CT molecular complexity index is 1050. The summed E-state index contributed by atoms with van der Waals surface area (Å²) in [5, 5.41) is 5.83. The molecule has 3 aliphatic heterocycles. The first kappa shape index (κ1) is 21.8. The fourth-order valence-electron chi connectivity index (χ4n) is 5.34. The number of hydrogen-bond acceptors (Lipinski definition) is 5. The third kappa shape index (κ3) is 4.56. The molecular formula is C26H30N4O3. The van der Waals surface area contributed by atoms with Crippen molar-refractivity contribution in [3.05, 3.63) is 70.8 Å². The van der Waals surface area contributed by atoms with Gasteiger partial charge in [-0.05, 0) is 49.0 Å². The van der Waals surface area contributed by atoms with Crippen LogP contribution in [0.3, 0.4) is 0 Å². The lowest BCUT2D eigenvalue weighted by molar-refractivity contribution is -0.136. The van der Waals surface area contributed by atoms with E-state index >= 15 is 0 Å². The number of rotatable bonds is 6. The summed E-state index contributed by atoms with van der Waals surface area (Å²) in [5.41, 5.74) is 3.98. The van der Waals surface area contributed by atoms with E-state index in [4.69, 9.17) is 0 Å². The van der Waals surface area contributed by atoms with E-state index in [1.54, 1.807) is 4.90 Å². The third-order valence-corrected chi connectivity index (χ3v) is 7.07. The van der Waals surface area contributed by atoms with Crippen LogP contribution in [0.4, 0.5) is 0 Å². The highest BCUT2D eigenvalue weighted by atomic mass is 16.2. The van der Waals surface area contributed by atoms with Crippen LogP contribution in [0.2, 0.25) is 0 Å². The summed E-state index contributed by atoms with van der Waals surface area (Å²) >= 11 is 0. The molecule has 33 heavy (non-hydrogen) atoms. The molecule has 3 heterocycles. The van der Waals surface area contributed by atoms with Crippen LogP contribution in [0.5, 0.6) is 0 Å². The third-order valence-electron chi connectivity index (χ3n) is 7.07.